The summed E-state index contributed by atoms with van der Waals surface area (Å²) >= 11 is 3.25. The number of rotatable bonds is 5. The summed E-state index contributed by atoms with van der Waals surface area (Å²) in [5.74, 6) is -0.508. The lowest BCUT2D eigenvalue weighted by Gasteiger charge is -2.13. The molecule has 0 amide bonds. The third-order valence-electron chi connectivity index (χ3n) is 2.76. The lowest BCUT2D eigenvalue weighted by molar-refractivity contribution is 0.0696. The number of hydrogen-bond acceptors (Lipinski definition) is 3. The molecular weight excluding hydrogens is 324 g/mol. The number of aliphatic hydroxyl groups is 1. The fraction of sp³-hybridized carbons (Fsp3) is 0.133. The van der Waals surface area contributed by atoms with E-state index in [2.05, 4.69) is 15.9 Å². The second kappa shape index (κ2) is 6.54. The summed E-state index contributed by atoms with van der Waals surface area (Å²) in [4.78, 5) is 10.8. The molecule has 0 aliphatic rings. The highest BCUT2D eigenvalue weighted by Crippen LogP contribution is 2.27. The van der Waals surface area contributed by atoms with E-state index in [-0.39, 0.29) is 12.2 Å². The van der Waals surface area contributed by atoms with Crippen LogP contribution in [0.3, 0.4) is 0 Å². The van der Waals surface area contributed by atoms with E-state index in [0.29, 0.717) is 10.2 Å². The van der Waals surface area contributed by atoms with Crippen molar-refractivity contribution in [2.75, 3.05) is 6.61 Å². The van der Waals surface area contributed by atoms with Gasteiger partial charge in [0.25, 0.3) is 0 Å². The zero-order valence-electron chi connectivity index (χ0n) is 10.5. The van der Waals surface area contributed by atoms with Gasteiger partial charge in [0.15, 0.2) is 0 Å². The van der Waals surface area contributed by atoms with Crippen LogP contribution in [0.1, 0.15) is 22.0 Å². The first-order valence-electron chi connectivity index (χ1n) is 5.96. The average Bonchev–Trinajstić information content (AvgIpc) is 2.46. The minimum absolute atomic E-state index is 0.0923. The van der Waals surface area contributed by atoms with Crippen LogP contribution in [0.4, 0.5) is 0 Å². The fourth-order valence-corrected chi connectivity index (χ4v) is 2.18. The number of aliphatic hydroxyl groups excluding tert-OH is 1. The van der Waals surface area contributed by atoms with Crippen molar-refractivity contribution in [2.45, 2.75) is 6.10 Å². The predicted octanol–water partition coefficient (Wildman–Crippen LogP) is 3.26. The molecular formula is C15H13BrO4. The molecule has 0 heterocycles. The first-order valence-corrected chi connectivity index (χ1v) is 6.76. The molecule has 0 spiro atoms. The van der Waals surface area contributed by atoms with Crippen molar-refractivity contribution in [1.29, 1.82) is 0 Å². The number of carboxylic acid groups (broad SMARTS) is 1. The maximum absolute atomic E-state index is 10.8. The summed E-state index contributed by atoms with van der Waals surface area (Å²) in [7, 11) is 0. The minimum atomic E-state index is -0.999. The Hall–Kier alpha value is -1.85. The molecule has 0 radical (unpaired) electrons. The van der Waals surface area contributed by atoms with E-state index in [0.717, 1.165) is 5.56 Å². The predicted molar refractivity (Wildman–Crippen MR) is 78.0 cm³/mol. The third-order valence-corrected chi connectivity index (χ3v) is 3.38. The topological polar surface area (TPSA) is 66.8 Å². The molecule has 2 aromatic carbocycles. The summed E-state index contributed by atoms with van der Waals surface area (Å²) < 4.78 is 6.04. The highest BCUT2D eigenvalue weighted by atomic mass is 79.9. The van der Waals surface area contributed by atoms with Crippen molar-refractivity contribution >= 4 is 21.9 Å². The number of carbonyl (C=O) groups is 1. The zero-order chi connectivity index (χ0) is 14.5. The van der Waals surface area contributed by atoms with Crippen LogP contribution < -0.4 is 4.74 Å². The van der Waals surface area contributed by atoms with Gasteiger partial charge >= 0.3 is 5.97 Å². The Morgan fingerprint density at radius 2 is 1.90 bits per heavy atom. The first-order chi connectivity index (χ1) is 9.58. The monoisotopic (exact) mass is 336 g/mol. The van der Waals surface area contributed by atoms with Crippen molar-refractivity contribution in [2.24, 2.45) is 0 Å². The molecule has 2 aromatic rings. The Kier molecular flexibility index (Phi) is 4.76. The van der Waals surface area contributed by atoms with Gasteiger partial charge in [-0.1, -0.05) is 30.3 Å². The highest BCUT2D eigenvalue weighted by molar-refractivity contribution is 9.10. The molecule has 5 heteroatoms. The van der Waals surface area contributed by atoms with E-state index in [1.807, 2.05) is 30.3 Å². The molecule has 2 rings (SSSR count). The summed E-state index contributed by atoms with van der Waals surface area (Å²) in [6.07, 6.45) is -0.734. The Labute approximate surface area is 124 Å². The van der Waals surface area contributed by atoms with Gasteiger partial charge in [-0.25, -0.2) is 4.79 Å². The Balaban J connectivity index is 2.02. The van der Waals surface area contributed by atoms with Crippen molar-refractivity contribution in [3.8, 4) is 5.75 Å². The Morgan fingerprint density at radius 1 is 1.20 bits per heavy atom. The molecule has 104 valence electrons. The van der Waals surface area contributed by atoms with Gasteiger partial charge in [-0.15, -0.1) is 0 Å². The fourth-order valence-electron chi connectivity index (χ4n) is 1.69. The zero-order valence-corrected chi connectivity index (χ0v) is 12.1. The number of benzene rings is 2. The van der Waals surface area contributed by atoms with Gasteiger partial charge in [-0.3, -0.25) is 0 Å². The molecule has 0 aliphatic heterocycles. The molecule has 4 nitrogen and oxygen atoms in total. The normalized spacial score (nSPS) is 11.9. The van der Waals surface area contributed by atoms with Gasteiger partial charge in [0, 0.05) is 0 Å². The average molecular weight is 337 g/mol. The van der Waals surface area contributed by atoms with E-state index in [4.69, 9.17) is 9.84 Å². The number of ether oxygens (including phenoxy) is 1. The largest absolute Gasteiger partial charge is 0.489 e. The van der Waals surface area contributed by atoms with Crippen LogP contribution in [0.2, 0.25) is 0 Å². The van der Waals surface area contributed by atoms with Crippen molar-refractivity contribution < 1.29 is 19.7 Å². The Morgan fingerprint density at radius 3 is 2.50 bits per heavy atom. The van der Waals surface area contributed by atoms with Gasteiger partial charge in [0.1, 0.15) is 18.5 Å². The Bertz CT molecular complexity index is 598. The molecule has 1 atom stereocenters. The highest BCUT2D eigenvalue weighted by Gasteiger charge is 2.11. The standard InChI is InChI=1S/C15H13BrO4/c16-12-8-11(15(18)19)6-7-14(12)20-9-13(17)10-4-2-1-3-5-10/h1-8,13,17H,9H2,(H,18,19). The second-order valence-corrected chi connectivity index (χ2v) is 5.04. The van der Waals surface area contributed by atoms with Gasteiger partial charge in [0.05, 0.1) is 10.0 Å². The molecule has 0 saturated heterocycles. The van der Waals surface area contributed by atoms with Crippen molar-refractivity contribution in [3.05, 3.63) is 64.1 Å². The summed E-state index contributed by atoms with van der Waals surface area (Å²) in [6, 6.07) is 13.7. The molecule has 0 fully saturated rings. The van der Waals surface area contributed by atoms with Crippen LogP contribution >= 0.6 is 15.9 Å². The van der Waals surface area contributed by atoms with Gasteiger partial charge in [-0.05, 0) is 39.7 Å². The maximum Gasteiger partial charge on any atom is 0.335 e. The van der Waals surface area contributed by atoms with Crippen LogP contribution in [0.25, 0.3) is 0 Å². The van der Waals surface area contributed by atoms with E-state index in [1.54, 1.807) is 6.07 Å². The number of carboxylic acids is 1. The van der Waals surface area contributed by atoms with E-state index in [1.165, 1.54) is 12.1 Å². The quantitative estimate of drug-likeness (QED) is 0.879. The molecule has 0 aliphatic carbocycles. The van der Waals surface area contributed by atoms with Gasteiger partial charge in [-0.2, -0.15) is 0 Å². The summed E-state index contributed by atoms with van der Waals surface area (Å²) in [6.45, 7) is 0.0923. The number of halogens is 1. The first kappa shape index (κ1) is 14.6. The van der Waals surface area contributed by atoms with E-state index < -0.39 is 12.1 Å². The second-order valence-electron chi connectivity index (χ2n) is 4.19. The lowest BCUT2D eigenvalue weighted by Crippen LogP contribution is -2.10. The van der Waals surface area contributed by atoms with Gasteiger partial charge < -0.3 is 14.9 Å². The van der Waals surface area contributed by atoms with Crippen LogP contribution in [-0.4, -0.2) is 22.8 Å². The molecule has 0 bridgehead atoms. The number of aromatic carboxylic acids is 1. The molecule has 2 N–H and O–H groups in total. The van der Waals surface area contributed by atoms with Crippen LogP contribution in [0.5, 0.6) is 5.75 Å². The number of hydrogen-bond donors (Lipinski definition) is 2. The minimum Gasteiger partial charge on any atom is -0.489 e. The smallest absolute Gasteiger partial charge is 0.335 e. The third kappa shape index (κ3) is 3.59. The molecule has 0 saturated carbocycles. The summed E-state index contributed by atoms with van der Waals surface area (Å²) in [5.41, 5.74) is 0.943. The van der Waals surface area contributed by atoms with Crippen molar-refractivity contribution in [3.63, 3.8) is 0 Å². The van der Waals surface area contributed by atoms with Crippen LogP contribution in [0, 0.1) is 0 Å². The van der Waals surface area contributed by atoms with Crippen LogP contribution in [-0.2, 0) is 0 Å². The molecule has 1 unspecified atom stereocenters. The van der Waals surface area contributed by atoms with E-state index >= 15 is 0 Å². The lowest BCUT2D eigenvalue weighted by atomic mass is 10.1. The molecule has 0 aromatic heterocycles. The van der Waals surface area contributed by atoms with Crippen molar-refractivity contribution in [1.82, 2.24) is 0 Å². The maximum atomic E-state index is 10.8. The van der Waals surface area contributed by atoms with Crippen LogP contribution in [0.15, 0.2) is 53.0 Å². The van der Waals surface area contributed by atoms with E-state index in [9.17, 15) is 9.90 Å². The SMILES string of the molecule is O=C(O)c1ccc(OCC(O)c2ccccc2)c(Br)c1. The molecule has 20 heavy (non-hydrogen) atoms. The van der Waals surface area contributed by atoms with Gasteiger partial charge in [0.2, 0.25) is 0 Å². The summed E-state index contributed by atoms with van der Waals surface area (Å²) in [5, 5.41) is 18.8.